The van der Waals surface area contributed by atoms with Crippen LogP contribution in [0.2, 0.25) is 0 Å². The molecule has 3 atom stereocenters. The zero-order valence-electron chi connectivity index (χ0n) is 10.2. The number of fused-ring (bicyclic) bond motifs is 1. The summed E-state index contributed by atoms with van der Waals surface area (Å²) in [5.74, 6) is -1.46. The van der Waals surface area contributed by atoms with Crippen LogP contribution in [0, 0.1) is 24.7 Å². The number of benzene rings is 1. The lowest BCUT2D eigenvalue weighted by molar-refractivity contribution is -0.143. The number of hydrogen-bond donors (Lipinski definition) is 1. The number of carboxylic acids is 1. The molecule has 3 rings (SSSR count). The van der Waals surface area contributed by atoms with E-state index in [1.807, 2.05) is 25.1 Å². The van der Waals surface area contributed by atoms with Crippen LogP contribution in [0.1, 0.15) is 11.1 Å². The molecule has 1 aromatic rings. The summed E-state index contributed by atoms with van der Waals surface area (Å²) in [5, 5.41) is 8.92. The third kappa shape index (κ3) is 1.68. The Kier molecular flexibility index (Phi) is 2.40. The van der Waals surface area contributed by atoms with E-state index in [-0.39, 0.29) is 17.7 Å². The van der Waals surface area contributed by atoms with Gasteiger partial charge in [-0.3, -0.25) is 9.59 Å². The number of amides is 1. The van der Waals surface area contributed by atoms with E-state index in [1.54, 1.807) is 4.90 Å². The lowest BCUT2D eigenvalue weighted by atomic mass is 10.1. The van der Waals surface area contributed by atoms with E-state index >= 15 is 0 Å². The number of aryl methyl sites for hydroxylation is 1. The molecule has 2 aliphatic rings. The molecule has 4 heteroatoms. The predicted molar refractivity (Wildman–Crippen MR) is 64.7 cm³/mol. The second-order valence-corrected chi connectivity index (χ2v) is 5.26. The Labute approximate surface area is 105 Å². The molecule has 0 radical (unpaired) electrons. The molecule has 18 heavy (non-hydrogen) atoms. The quantitative estimate of drug-likeness (QED) is 0.872. The first kappa shape index (κ1) is 11.3. The highest BCUT2D eigenvalue weighted by Gasteiger charge is 2.64. The van der Waals surface area contributed by atoms with Gasteiger partial charge in [-0.2, -0.15) is 0 Å². The van der Waals surface area contributed by atoms with Gasteiger partial charge in [-0.15, -0.1) is 0 Å². The Morgan fingerprint density at radius 1 is 1.50 bits per heavy atom. The van der Waals surface area contributed by atoms with Crippen LogP contribution in [0.4, 0.5) is 0 Å². The van der Waals surface area contributed by atoms with Crippen molar-refractivity contribution in [3.8, 4) is 0 Å². The first-order valence-corrected chi connectivity index (χ1v) is 6.15. The number of carboxylic acid groups (broad SMARTS) is 1. The number of likely N-dealkylation sites (tertiary alicyclic amines) is 1. The maximum Gasteiger partial charge on any atom is 0.307 e. The largest absolute Gasteiger partial charge is 0.481 e. The van der Waals surface area contributed by atoms with Gasteiger partial charge in [0.15, 0.2) is 0 Å². The van der Waals surface area contributed by atoms with Crippen molar-refractivity contribution in [2.45, 2.75) is 13.5 Å². The summed E-state index contributed by atoms with van der Waals surface area (Å²) in [7, 11) is 0. The zero-order valence-corrected chi connectivity index (χ0v) is 10.2. The molecule has 1 saturated carbocycles. The summed E-state index contributed by atoms with van der Waals surface area (Å²) in [4.78, 5) is 24.7. The molecule has 2 fully saturated rings. The normalized spacial score (nSPS) is 29.3. The number of aliphatic carboxylic acids is 1. The third-order valence-electron chi connectivity index (χ3n) is 3.94. The van der Waals surface area contributed by atoms with Crippen LogP contribution in [-0.4, -0.2) is 28.4 Å². The molecule has 1 aliphatic carbocycles. The van der Waals surface area contributed by atoms with Crippen molar-refractivity contribution < 1.29 is 14.7 Å². The van der Waals surface area contributed by atoms with Crippen molar-refractivity contribution in [3.63, 3.8) is 0 Å². The first-order chi connectivity index (χ1) is 8.58. The van der Waals surface area contributed by atoms with Crippen LogP contribution in [0.5, 0.6) is 0 Å². The van der Waals surface area contributed by atoms with Crippen LogP contribution in [0.25, 0.3) is 0 Å². The van der Waals surface area contributed by atoms with Crippen LogP contribution in [0.3, 0.4) is 0 Å². The summed E-state index contributed by atoms with van der Waals surface area (Å²) in [6.07, 6.45) is 0. The molecule has 1 amide bonds. The highest BCUT2D eigenvalue weighted by molar-refractivity contribution is 5.93. The smallest absolute Gasteiger partial charge is 0.307 e. The summed E-state index contributed by atoms with van der Waals surface area (Å²) < 4.78 is 0. The average Bonchev–Trinajstić information content (AvgIpc) is 2.93. The van der Waals surface area contributed by atoms with Crippen molar-refractivity contribution in [1.82, 2.24) is 4.90 Å². The van der Waals surface area contributed by atoms with Gasteiger partial charge in [0, 0.05) is 19.0 Å². The van der Waals surface area contributed by atoms with E-state index in [9.17, 15) is 9.59 Å². The van der Waals surface area contributed by atoms with Crippen molar-refractivity contribution in [2.75, 3.05) is 6.54 Å². The summed E-state index contributed by atoms with van der Waals surface area (Å²) in [5.41, 5.74) is 2.28. The molecule has 1 N–H and O–H groups in total. The molecule has 0 bridgehead atoms. The maximum absolute atomic E-state index is 12.0. The Morgan fingerprint density at radius 2 is 2.28 bits per heavy atom. The van der Waals surface area contributed by atoms with Crippen LogP contribution in [-0.2, 0) is 16.1 Å². The first-order valence-electron chi connectivity index (χ1n) is 6.15. The molecule has 0 spiro atoms. The minimum absolute atomic E-state index is 0.00825. The highest BCUT2D eigenvalue weighted by Crippen LogP contribution is 2.52. The minimum atomic E-state index is -0.825. The topological polar surface area (TPSA) is 57.6 Å². The fraction of sp³-hybridized carbons (Fsp3) is 0.429. The Hall–Kier alpha value is -1.84. The van der Waals surface area contributed by atoms with E-state index in [2.05, 4.69) is 6.07 Å². The summed E-state index contributed by atoms with van der Waals surface area (Å²) in [6.45, 7) is 3.21. The highest BCUT2D eigenvalue weighted by atomic mass is 16.4. The number of piperidine rings is 1. The van der Waals surface area contributed by atoms with E-state index in [0.717, 1.165) is 5.56 Å². The van der Waals surface area contributed by atoms with E-state index in [0.29, 0.717) is 13.1 Å². The molecule has 1 aromatic carbocycles. The van der Waals surface area contributed by atoms with Crippen LogP contribution >= 0.6 is 0 Å². The number of rotatable bonds is 3. The van der Waals surface area contributed by atoms with Gasteiger partial charge in [0.2, 0.25) is 5.91 Å². The van der Waals surface area contributed by atoms with Gasteiger partial charge in [0.1, 0.15) is 0 Å². The van der Waals surface area contributed by atoms with Gasteiger partial charge in [-0.1, -0.05) is 29.8 Å². The third-order valence-corrected chi connectivity index (χ3v) is 3.94. The predicted octanol–water partition coefficient (Wildman–Crippen LogP) is 1.28. The zero-order chi connectivity index (χ0) is 12.9. The number of carbonyl (C=O) groups excluding carboxylic acids is 1. The van der Waals surface area contributed by atoms with Crippen molar-refractivity contribution in [2.24, 2.45) is 17.8 Å². The monoisotopic (exact) mass is 245 g/mol. The van der Waals surface area contributed by atoms with Crippen molar-refractivity contribution >= 4 is 11.9 Å². The van der Waals surface area contributed by atoms with E-state index < -0.39 is 11.9 Å². The number of nitrogens with zero attached hydrogens (tertiary/aromatic N) is 1. The van der Waals surface area contributed by atoms with Gasteiger partial charge in [0.25, 0.3) is 0 Å². The molecule has 0 aromatic heterocycles. The number of hydrogen-bond acceptors (Lipinski definition) is 2. The fourth-order valence-corrected chi connectivity index (χ4v) is 3.00. The molecule has 3 unspecified atom stereocenters. The SMILES string of the molecule is Cc1cccc(CN2CC3C(C(=O)O)C3C2=O)c1. The molecule has 1 saturated heterocycles. The van der Waals surface area contributed by atoms with E-state index in [4.69, 9.17) is 5.11 Å². The Balaban J connectivity index is 1.68. The lowest BCUT2D eigenvalue weighted by Gasteiger charge is -2.19. The maximum atomic E-state index is 12.0. The van der Waals surface area contributed by atoms with Gasteiger partial charge >= 0.3 is 5.97 Å². The van der Waals surface area contributed by atoms with E-state index in [1.165, 1.54) is 5.56 Å². The van der Waals surface area contributed by atoms with Crippen molar-refractivity contribution in [3.05, 3.63) is 35.4 Å². The molecular weight excluding hydrogens is 230 g/mol. The Bertz CT molecular complexity index is 526. The second kappa shape index (κ2) is 3.83. The summed E-state index contributed by atoms with van der Waals surface area (Å²) in [6, 6.07) is 8.06. The summed E-state index contributed by atoms with van der Waals surface area (Å²) >= 11 is 0. The van der Waals surface area contributed by atoms with Crippen LogP contribution in [0.15, 0.2) is 24.3 Å². The minimum Gasteiger partial charge on any atom is -0.481 e. The van der Waals surface area contributed by atoms with Gasteiger partial charge in [-0.25, -0.2) is 0 Å². The van der Waals surface area contributed by atoms with Crippen molar-refractivity contribution in [1.29, 1.82) is 0 Å². The average molecular weight is 245 g/mol. The Morgan fingerprint density at radius 3 is 2.83 bits per heavy atom. The van der Waals surface area contributed by atoms with Gasteiger partial charge in [-0.05, 0) is 12.5 Å². The fourth-order valence-electron chi connectivity index (χ4n) is 3.00. The molecular formula is C14H15NO3. The van der Waals surface area contributed by atoms with Crippen LogP contribution < -0.4 is 0 Å². The second-order valence-electron chi connectivity index (χ2n) is 5.26. The molecule has 94 valence electrons. The van der Waals surface area contributed by atoms with Gasteiger partial charge < -0.3 is 10.0 Å². The standard InChI is InChI=1S/C14H15NO3/c1-8-3-2-4-9(5-8)6-15-7-10-11(13(15)16)12(10)14(17)18/h2-5,10-12H,6-7H2,1H3,(H,17,18). The lowest BCUT2D eigenvalue weighted by Crippen LogP contribution is -2.30. The molecule has 1 aliphatic heterocycles. The molecule has 4 nitrogen and oxygen atoms in total. The molecule has 1 heterocycles. The number of carbonyl (C=O) groups is 2. The van der Waals surface area contributed by atoms with Gasteiger partial charge in [0.05, 0.1) is 11.8 Å².